The van der Waals surface area contributed by atoms with Gasteiger partial charge in [0.1, 0.15) is 5.75 Å². The number of carbonyl (C=O) groups is 1. The zero-order valence-electron chi connectivity index (χ0n) is 16.6. The van der Waals surface area contributed by atoms with Crippen molar-refractivity contribution >= 4 is 5.91 Å². The maximum Gasteiger partial charge on any atom is 0.261 e. The minimum Gasteiger partial charge on any atom is -0.480 e. The molecule has 1 amide bonds. The molecule has 0 heterocycles. The lowest BCUT2D eigenvalue weighted by atomic mass is 9.96. The van der Waals surface area contributed by atoms with Crippen molar-refractivity contribution in [2.45, 2.75) is 59.6 Å². The molecule has 0 aliphatic heterocycles. The van der Waals surface area contributed by atoms with Crippen LogP contribution in [0.15, 0.2) is 48.5 Å². The number of ether oxygens (including phenoxy) is 1. The first-order chi connectivity index (χ1) is 12.4. The summed E-state index contributed by atoms with van der Waals surface area (Å²) in [6.45, 7) is 10.4. The molecule has 3 nitrogen and oxygen atoms in total. The van der Waals surface area contributed by atoms with Gasteiger partial charge in [0.15, 0.2) is 6.10 Å². The number of aryl methyl sites for hydroxylation is 2. The van der Waals surface area contributed by atoms with E-state index in [1.54, 1.807) is 0 Å². The summed E-state index contributed by atoms with van der Waals surface area (Å²) < 4.78 is 6.07. The van der Waals surface area contributed by atoms with Crippen LogP contribution in [0.25, 0.3) is 0 Å². The summed E-state index contributed by atoms with van der Waals surface area (Å²) in [5, 5.41) is 3.21. The molecular formula is C23H31NO2. The molecule has 3 heteroatoms. The quantitative estimate of drug-likeness (QED) is 0.693. The zero-order valence-corrected chi connectivity index (χ0v) is 16.6. The van der Waals surface area contributed by atoms with Crippen molar-refractivity contribution in [3.8, 4) is 5.75 Å². The molecule has 0 bridgehead atoms. The first-order valence-electron chi connectivity index (χ1n) is 9.50. The molecular weight excluding hydrogens is 322 g/mol. The second-order valence-corrected chi connectivity index (χ2v) is 7.39. The molecule has 0 aromatic heterocycles. The summed E-state index contributed by atoms with van der Waals surface area (Å²) in [5.41, 5.74) is 3.31. The van der Waals surface area contributed by atoms with Gasteiger partial charge in [0.2, 0.25) is 0 Å². The average Bonchev–Trinajstić information content (AvgIpc) is 2.62. The van der Waals surface area contributed by atoms with E-state index in [0.29, 0.717) is 12.3 Å². The highest BCUT2D eigenvalue weighted by Gasteiger charge is 2.23. The predicted octanol–water partition coefficient (Wildman–Crippen LogP) is 5.36. The van der Waals surface area contributed by atoms with Crippen LogP contribution in [0.5, 0.6) is 5.75 Å². The normalized spacial score (nSPS) is 13.3. The molecule has 1 N–H and O–H groups in total. The minimum atomic E-state index is -0.492. The standard InChI is InChI=1S/C23H31NO2/c1-6-21(26-22-15-17(4)12-13-18(22)5)23(25)24-20(14-16(2)3)19-10-8-7-9-11-19/h7-13,15-16,20-21H,6,14H2,1-5H3,(H,24,25)/t20-,21-/m1/s1. The maximum atomic E-state index is 12.9. The Kier molecular flexibility index (Phi) is 7.26. The van der Waals surface area contributed by atoms with Crippen LogP contribution in [0.3, 0.4) is 0 Å². The molecule has 2 atom stereocenters. The Bertz CT molecular complexity index is 709. The van der Waals surface area contributed by atoms with Gasteiger partial charge in [-0.15, -0.1) is 0 Å². The van der Waals surface area contributed by atoms with Crippen molar-refractivity contribution in [3.63, 3.8) is 0 Å². The predicted molar refractivity (Wildman–Crippen MR) is 107 cm³/mol. The molecule has 0 radical (unpaired) electrons. The summed E-state index contributed by atoms with van der Waals surface area (Å²) in [6.07, 6.45) is 1.03. The first kappa shape index (κ1) is 20.0. The fraction of sp³-hybridized carbons (Fsp3) is 0.435. The van der Waals surface area contributed by atoms with Crippen LogP contribution >= 0.6 is 0 Å². The molecule has 140 valence electrons. The fourth-order valence-corrected chi connectivity index (χ4v) is 3.01. The molecule has 0 unspecified atom stereocenters. The van der Waals surface area contributed by atoms with E-state index in [9.17, 15) is 4.79 Å². The summed E-state index contributed by atoms with van der Waals surface area (Å²) in [5.74, 6) is 1.22. The van der Waals surface area contributed by atoms with E-state index in [-0.39, 0.29) is 11.9 Å². The number of carbonyl (C=O) groups excluding carboxylic acids is 1. The number of rotatable bonds is 8. The van der Waals surface area contributed by atoms with Crippen LogP contribution < -0.4 is 10.1 Å². The molecule has 0 saturated heterocycles. The maximum absolute atomic E-state index is 12.9. The van der Waals surface area contributed by atoms with Crippen molar-refractivity contribution < 1.29 is 9.53 Å². The van der Waals surface area contributed by atoms with Crippen molar-refractivity contribution in [2.75, 3.05) is 0 Å². The van der Waals surface area contributed by atoms with Crippen molar-refractivity contribution in [3.05, 3.63) is 65.2 Å². The Morgan fingerprint density at radius 1 is 1.08 bits per heavy atom. The highest BCUT2D eigenvalue weighted by molar-refractivity contribution is 5.81. The van der Waals surface area contributed by atoms with Crippen molar-refractivity contribution in [2.24, 2.45) is 5.92 Å². The molecule has 0 aliphatic rings. The zero-order chi connectivity index (χ0) is 19.1. The number of benzene rings is 2. The van der Waals surface area contributed by atoms with E-state index in [1.807, 2.05) is 51.1 Å². The molecule has 0 saturated carbocycles. The minimum absolute atomic E-state index is 0.0000404. The van der Waals surface area contributed by atoms with Gasteiger partial charge in [-0.2, -0.15) is 0 Å². The van der Waals surface area contributed by atoms with E-state index in [4.69, 9.17) is 4.74 Å². The van der Waals surface area contributed by atoms with Crippen LogP contribution in [0.1, 0.15) is 56.3 Å². The van der Waals surface area contributed by atoms with Gasteiger partial charge in [-0.05, 0) is 55.4 Å². The van der Waals surface area contributed by atoms with Gasteiger partial charge in [-0.3, -0.25) is 4.79 Å². The van der Waals surface area contributed by atoms with Gasteiger partial charge in [-0.1, -0.05) is 63.2 Å². The van der Waals surface area contributed by atoms with E-state index in [0.717, 1.165) is 28.9 Å². The van der Waals surface area contributed by atoms with Gasteiger partial charge in [-0.25, -0.2) is 0 Å². The lowest BCUT2D eigenvalue weighted by Gasteiger charge is -2.25. The van der Waals surface area contributed by atoms with Crippen LogP contribution in [0, 0.1) is 19.8 Å². The summed E-state index contributed by atoms with van der Waals surface area (Å²) in [7, 11) is 0. The Morgan fingerprint density at radius 3 is 2.38 bits per heavy atom. The van der Waals surface area contributed by atoms with Gasteiger partial charge >= 0.3 is 0 Å². The van der Waals surface area contributed by atoms with Gasteiger partial charge in [0.05, 0.1) is 6.04 Å². The monoisotopic (exact) mass is 353 g/mol. The largest absolute Gasteiger partial charge is 0.480 e. The van der Waals surface area contributed by atoms with Crippen LogP contribution in [0.2, 0.25) is 0 Å². The summed E-state index contributed by atoms with van der Waals surface area (Å²) >= 11 is 0. The summed E-state index contributed by atoms with van der Waals surface area (Å²) in [6, 6.07) is 16.2. The van der Waals surface area contributed by atoms with E-state index in [2.05, 4.69) is 37.4 Å². The van der Waals surface area contributed by atoms with Gasteiger partial charge < -0.3 is 10.1 Å². The summed E-state index contributed by atoms with van der Waals surface area (Å²) in [4.78, 5) is 12.9. The van der Waals surface area contributed by atoms with Gasteiger partial charge in [0, 0.05) is 0 Å². The number of hydrogen-bond donors (Lipinski definition) is 1. The van der Waals surface area contributed by atoms with E-state index < -0.39 is 6.10 Å². The number of nitrogens with one attached hydrogen (secondary N) is 1. The fourth-order valence-electron chi connectivity index (χ4n) is 3.01. The highest BCUT2D eigenvalue weighted by atomic mass is 16.5. The van der Waals surface area contributed by atoms with E-state index in [1.165, 1.54) is 0 Å². The highest BCUT2D eigenvalue weighted by Crippen LogP contribution is 2.24. The second kappa shape index (κ2) is 9.42. The molecule has 26 heavy (non-hydrogen) atoms. The van der Waals surface area contributed by atoms with Gasteiger partial charge in [0.25, 0.3) is 5.91 Å². The number of hydrogen-bond acceptors (Lipinski definition) is 2. The molecule has 2 aromatic carbocycles. The van der Waals surface area contributed by atoms with Crippen LogP contribution in [0.4, 0.5) is 0 Å². The van der Waals surface area contributed by atoms with Crippen molar-refractivity contribution in [1.82, 2.24) is 5.32 Å². The first-order valence-corrected chi connectivity index (χ1v) is 9.50. The molecule has 2 aromatic rings. The topological polar surface area (TPSA) is 38.3 Å². The van der Waals surface area contributed by atoms with Crippen LogP contribution in [-0.4, -0.2) is 12.0 Å². The molecule has 0 aliphatic carbocycles. The Balaban J connectivity index is 2.14. The molecule has 2 rings (SSSR count). The Labute approximate surface area is 157 Å². The third-order valence-electron chi connectivity index (χ3n) is 4.50. The molecule has 0 spiro atoms. The lowest BCUT2D eigenvalue weighted by Crippen LogP contribution is -2.40. The second-order valence-electron chi connectivity index (χ2n) is 7.39. The molecule has 0 fully saturated rings. The third-order valence-corrected chi connectivity index (χ3v) is 4.50. The number of amides is 1. The van der Waals surface area contributed by atoms with Crippen molar-refractivity contribution in [1.29, 1.82) is 0 Å². The smallest absolute Gasteiger partial charge is 0.261 e. The SMILES string of the molecule is CC[C@@H](Oc1cc(C)ccc1C)C(=O)N[C@H](CC(C)C)c1ccccc1. The Morgan fingerprint density at radius 2 is 1.77 bits per heavy atom. The average molecular weight is 354 g/mol. The Hall–Kier alpha value is -2.29. The van der Waals surface area contributed by atoms with Crippen LogP contribution in [-0.2, 0) is 4.79 Å². The third kappa shape index (κ3) is 5.62. The van der Waals surface area contributed by atoms with E-state index >= 15 is 0 Å². The lowest BCUT2D eigenvalue weighted by molar-refractivity contribution is -0.129.